The molecule has 0 unspecified atom stereocenters. The van der Waals surface area contributed by atoms with Crippen molar-refractivity contribution in [3.05, 3.63) is 59.2 Å². The fourth-order valence-corrected chi connectivity index (χ4v) is 2.72. The summed E-state index contributed by atoms with van der Waals surface area (Å²) < 4.78 is 79.3. The summed E-state index contributed by atoms with van der Waals surface area (Å²) >= 11 is 0. The molecule has 1 atom stereocenters. The van der Waals surface area contributed by atoms with Crippen LogP contribution in [0.5, 0.6) is 5.75 Å². The SMILES string of the molecule is O=C1Nc2c(cccc2C(F)(F)F)[C@H]1c1ccc(OC(F)(F)F)cc1. The summed E-state index contributed by atoms with van der Waals surface area (Å²) in [7, 11) is 0. The van der Waals surface area contributed by atoms with Gasteiger partial charge in [0.15, 0.2) is 0 Å². The molecule has 2 aromatic carbocycles. The van der Waals surface area contributed by atoms with E-state index in [4.69, 9.17) is 0 Å². The van der Waals surface area contributed by atoms with Crippen LogP contribution in [0.25, 0.3) is 0 Å². The van der Waals surface area contributed by atoms with Crippen molar-refractivity contribution < 1.29 is 35.9 Å². The molecule has 0 bridgehead atoms. The Labute approximate surface area is 137 Å². The molecule has 1 aliphatic heterocycles. The van der Waals surface area contributed by atoms with Crippen LogP contribution in [0.3, 0.4) is 0 Å². The minimum atomic E-state index is -4.86. The molecule has 0 spiro atoms. The maximum absolute atomic E-state index is 13.0. The van der Waals surface area contributed by atoms with Crippen LogP contribution in [-0.2, 0) is 11.0 Å². The second kappa shape index (κ2) is 5.68. The molecular weight excluding hydrogens is 352 g/mol. The summed E-state index contributed by atoms with van der Waals surface area (Å²) in [6, 6.07) is 7.82. The first-order valence-corrected chi connectivity index (χ1v) is 6.93. The monoisotopic (exact) mass is 361 g/mol. The summed E-state index contributed by atoms with van der Waals surface area (Å²) in [5.74, 6) is -2.22. The van der Waals surface area contributed by atoms with Crippen LogP contribution in [0.4, 0.5) is 32.0 Å². The predicted octanol–water partition coefficient (Wildman–Crippen LogP) is 4.69. The van der Waals surface area contributed by atoms with Gasteiger partial charge in [-0.25, -0.2) is 0 Å². The Morgan fingerprint density at radius 3 is 2.12 bits per heavy atom. The molecule has 0 saturated carbocycles. The number of hydrogen-bond donors (Lipinski definition) is 1. The van der Waals surface area contributed by atoms with Gasteiger partial charge in [-0.3, -0.25) is 4.79 Å². The minimum absolute atomic E-state index is 0.115. The average molecular weight is 361 g/mol. The lowest BCUT2D eigenvalue weighted by Gasteiger charge is -2.13. The van der Waals surface area contributed by atoms with Crippen molar-refractivity contribution in [1.29, 1.82) is 0 Å². The zero-order valence-corrected chi connectivity index (χ0v) is 12.2. The van der Waals surface area contributed by atoms with Crippen LogP contribution in [0, 0.1) is 0 Å². The summed E-state index contributed by atoms with van der Waals surface area (Å²) in [5, 5.41) is 2.20. The Hall–Kier alpha value is -2.71. The van der Waals surface area contributed by atoms with Gasteiger partial charge >= 0.3 is 12.5 Å². The molecule has 2 aromatic rings. The van der Waals surface area contributed by atoms with Gasteiger partial charge < -0.3 is 10.1 Å². The third-order valence-corrected chi connectivity index (χ3v) is 3.67. The lowest BCUT2D eigenvalue weighted by atomic mass is 9.91. The zero-order chi connectivity index (χ0) is 18.4. The summed E-state index contributed by atoms with van der Waals surface area (Å²) in [4.78, 5) is 12.1. The van der Waals surface area contributed by atoms with E-state index in [1.54, 1.807) is 0 Å². The Morgan fingerprint density at radius 2 is 1.56 bits per heavy atom. The molecule has 1 aliphatic rings. The van der Waals surface area contributed by atoms with Crippen LogP contribution in [0.1, 0.15) is 22.6 Å². The Bertz CT molecular complexity index is 811. The number of halogens is 6. The maximum Gasteiger partial charge on any atom is 0.573 e. The molecular formula is C16H9F6NO2. The van der Waals surface area contributed by atoms with Crippen molar-refractivity contribution in [3.63, 3.8) is 0 Å². The quantitative estimate of drug-likeness (QED) is 0.789. The van der Waals surface area contributed by atoms with Gasteiger partial charge in [0.1, 0.15) is 5.75 Å². The van der Waals surface area contributed by atoms with Crippen LogP contribution in [0.15, 0.2) is 42.5 Å². The molecule has 9 heteroatoms. The number of carbonyl (C=O) groups is 1. The molecule has 0 aromatic heterocycles. The average Bonchev–Trinajstić information content (AvgIpc) is 2.81. The third kappa shape index (κ3) is 3.40. The van der Waals surface area contributed by atoms with E-state index in [1.165, 1.54) is 24.3 Å². The molecule has 0 radical (unpaired) electrons. The number of para-hydroxylation sites is 1. The van der Waals surface area contributed by atoms with Gasteiger partial charge in [-0.15, -0.1) is 13.2 Å². The molecule has 0 fully saturated rings. The number of amides is 1. The smallest absolute Gasteiger partial charge is 0.406 e. The van der Waals surface area contributed by atoms with Crippen LogP contribution >= 0.6 is 0 Å². The number of rotatable bonds is 2. The highest BCUT2D eigenvalue weighted by Crippen LogP contribution is 2.44. The normalized spacial score (nSPS) is 17.2. The lowest BCUT2D eigenvalue weighted by molar-refractivity contribution is -0.274. The van der Waals surface area contributed by atoms with E-state index in [9.17, 15) is 31.1 Å². The van der Waals surface area contributed by atoms with Crippen LogP contribution in [0.2, 0.25) is 0 Å². The summed E-state index contributed by atoms with van der Waals surface area (Å²) in [6.07, 6.45) is -9.50. The van der Waals surface area contributed by atoms with Gasteiger partial charge in [0.25, 0.3) is 0 Å². The van der Waals surface area contributed by atoms with E-state index < -0.39 is 35.7 Å². The van der Waals surface area contributed by atoms with Crippen molar-refractivity contribution >= 4 is 11.6 Å². The van der Waals surface area contributed by atoms with Gasteiger partial charge in [0, 0.05) is 0 Å². The predicted molar refractivity (Wildman–Crippen MR) is 75.0 cm³/mol. The van der Waals surface area contributed by atoms with E-state index in [0.717, 1.165) is 18.2 Å². The summed E-state index contributed by atoms with van der Waals surface area (Å²) in [5.41, 5.74) is -0.937. The van der Waals surface area contributed by atoms with Gasteiger partial charge in [-0.05, 0) is 29.3 Å². The highest BCUT2D eigenvalue weighted by molar-refractivity contribution is 6.05. The van der Waals surface area contributed by atoms with Crippen molar-refractivity contribution in [3.8, 4) is 5.75 Å². The topological polar surface area (TPSA) is 38.3 Å². The Kier molecular flexibility index (Phi) is 3.89. The molecule has 3 rings (SSSR count). The first kappa shape index (κ1) is 17.1. The van der Waals surface area contributed by atoms with Gasteiger partial charge in [-0.1, -0.05) is 24.3 Å². The molecule has 25 heavy (non-hydrogen) atoms. The molecule has 0 saturated heterocycles. The highest BCUT2D eigenvalue weighted by Gasteiger charge is 2.41. The first-order chi connectivity index (χ1) is 11.6. The van der Waals surface area contributed by atoms with E-state index >= 15 is 0 Å². The zero-order valence-electron chi connectivity index (χ0n) is 12.2. The molecule has 0 aliphatic carbocycles. The van der Waals surface area contributed by atoms with E-state index in [2.05, 4.69) is 10.1 Å². The number of carbonyl (C=O) groups excluding carboxylic acids is 1. The molecule has 1 heterocycles. The number of benzene rings is 2. The lowest BCUT2D eigenvalue weighted by Crippen LogP contribution is -2.17. The van der Waals surface area contributed by atoms with Crippen LogP contribution in [-0.4, -0.2) is 12.3 Å². The second-order valence-electron chi connectivity index (χ2n) is 5.31. The summed E-state index contributed by atoms with van der Waals surface area (Å²) in [6.45, 7) is 0. The molecule has 1 amide bonds. The van der Waals surface area contributed by atoms with Crippen molar-refractivity contribution in [2.75, 3.05) is 5.32 Å². The number of fused-ring (bicyclic) bond motifs is 1. The number of alkyl halides is 6. The number of anilines is 1. The Balaban J connectivity index is 1.97. The maximum atomic E-state index is 13.0. The largest absolute Gasteiger partial charge is 0.573 e. The molecule has 3 nitrogen and oxygen atoms in total. The third-order valence-electron chi connectivity index (χ3n) is 3.67. The van der Waals surface area contributed by atoms with Crippen molar-refractivity contribution in [1.82, 2.24) is 0 Å². The molecule has 1 N–H and O–H groups in total. The van der Waals surface area contributed by atoms with Gasteiger partial charge in [-0.2, -0.15) is 13.2 Å². The van der Waals surface area contributed by atoms with Crippen molar-refractivity contribution in [2.24, 2.45) is 0 Å². The standard InChI is InChI=1S/C16H9F6NO2/c17-15(18,19)11-3-1-2-10-12(14(24)23-13(10)11)8-4-6-9(7-5-8)25-16(20,21)22/h1-7,12H,(H,23,24)/t12-/m1/s1. The fourth-order valence-electron chi connectivity index (χ4n) is 2.72. The van der Waals surface area contributed by atoms with Crippen LogP contribution < -0.4 is 10.1 Å². The van der Waals surface area contributed by atoms with Crippen molar-refractivity contribution in [2.45, 2.75) is 18.5 Å². The highest BCUT2D eigenvalue weighted by atomic mass is 19.4. The fraction of sp³-hybridized carbons (Fsp3) is 0.188. The first-order valence-electron chi connectivity index (χ1n) is 6.93. The number of ether oxygens (including phenoxy) is 1. The number of hydrogen-bond acceptors (Lipinski definition) is 2. The van der Waals surface area contributed by atoms with E-state index in [0.29, 0.717) is 0 Å². The van der Waals surface area contributed by atoms with Gasteiger partial charge in [0.2, 0.25) is 5.91 Å². The Morgan fingerprint density at radius 1 is 0.920 bits per heavy atom. The van der Waals surface area contributed by atoms with Gasteiger partial charge in [0.05, 0.1) is 17.2 Å². The number of nitrogens with one attached hydrogen (secondary N) is 1. The second-order valence-corrected chi connectivity index (χ2v) is 5.31. The van der Waals surface area contributed by atoms with E-state index in [-0.39, 0.29) is 16.8 Å². The van der Waals surface area contributed by atoms with E-state index in [1.807, 2.05) is 0 Å². The minimum Gasteiger partial charge on any atom is -0.406 e. The molecule has 132 valence electrons.